The number of fused-ring (bicyclic) bond motifs is 1. The molecule has 2 aromatic rings. The standard InChI is InChI=1S/C18H22N2O2/c1-18(2,3)17-20-14-11-13(8-9-15(14)22-17)19-16(21)10-12-6-4-5-7-12/h4,6,8-9,11-12H,5,7,10H2,1-3H3,(H,19,21). The molecule has 0 fully saturated rings. The third kappa shape index (κ3) is 3.21. The van der Waals surface area contributed by atoms with Crippen molar-refractivity contribution >= 4 is 22.7 Å². The number of hydrogen-bond donors (Lipinski definition) is 1. The number of allylic oxidation sites excluding steroid dienone is 2. The highest BCUT2D eigenvalue weighted by molar-refractivity contribution is 5.93. The maximum absolute atomic E-state index is 12.1. The lowest BCUT2D eigenvalue weighted by Gasteiger charge is -2.11. The van der Waals surface area contributed by atoms with Crippen LogP contribution >= 0.6 is 0 Å². The summed E-state index contributed by atoms with van der Waals surface area (Å²) in [6.07, 6.45) is 6.98. The molecule has 1 aliphatic carbocycles. The van der Waals surface area contributed by atoms with E-state index in [0.717, 1.165) is 29.6 Å². The Morgan fingerprint density at radius 1 is 1.41 bits per heavy atom. The van der Waals surface area contributed by atoms with Crippen LogP contribution in [0.25, 0.3) is 11.1 Å². The van der Waals surface area contributed by atoms with Crippen molar-refractivity contribution < 1.29 is 9.21 Å². The van der Waals surface area contributed by atoms with E-state index in [2.05, 4.69) is 43.2 Å². The average Bonchev–Trinajstić information content (AvgIpc) is 3.06. The molecule has 3 rings (SSSR count). The predicted molar refractivity (Wildman–Crippen MR) is 87.8 cm³/mol. The Balaban J connectivity index is 1.74. The van der Waals surface area contributed by atoms with E-state index in [1.165, 1.54) is 0 Å². The number of amides is 1. The van der Waals surface area contributed by atoms with E-state index in [0.29, 0.717) is 18.2 Å². The molecular weight excluding hydrogens is 276 g/mol. The van der Waals surface area contributed by atoms with Crippen LogP contribution in [0.1, 0.15) is 45.9 Å². The summed E-state index contributed by atoms with van der Waals surface area (Å²) in [7, 11) is 0. The molecule has 22 heavy (non-hydrogen) atoms. The van der Waals surface area contributed by atoms with Crippen molar-refractivity contribution in [2.45, 2.75) is 45.4 Å². The number of carbonyl (C=O) groups is 1. The Hall–Kier alpha value is -2.10. The first-order valence-electron chi connectivity index (χ1n) is 7.79. The summed E-state index contributed by atoms with van der Waals surface area (Å²) in [6.45, 7) is 6.19. The number of rotatable bonds is 3. The Morgan fingerprint density at radius 3 is 2.91 bits per heavy atom. The van der Waals surface area contributed by atoms with E-state index < -0.39 is 0 Å². The second-order valence-corrected chi connectivity index (χ2v) is 6.97. The van der Waals surface area contributed by atoms with E-state index in [9.17, 15) is 4.79 Å². The van der Waals surface area contributed by atoms with Crippen molar-refractivity contribution in [2.24, 2.45) is 5.92 Å². The van der Waals surface area contributed by atoms with Crippen LogP contribution in [0.5, 0.6) is 0 Å². The Bertz CT molecular complexity index is 722. The average molecular weight is 298 g/mol. The summed E-state index contributed by atoms with van der Waals surface area (Å²) < 4.78 is 5.77. The number of nitrogens with one attached hydrogen (secondary N) is 1. The summed E-state index contributed by atoms with van der Waals surface area (Å²) in [5.41, 5.74) is 2.18. The van der Waals surface area contributed by atoms with Crippen molar-refractivity contribution in [2.75, 3.05) is 5.32 Å². The Kier molecular flexibility index (Phi) is 3.77. The van der Waals surface area contributed by atoms with Crippen LogP contribution in [0.4, 0.5) is 5.69 Å². The molecule has 0 saturated carbocycles. The van der Waals surface area contributed by atoms with E-state index in [1.807, 2.05) is 18.2 Å². The maximum atomic E-state index is 12.1. The smallest absolute Gasteiger partial charge is 0.224 e. The highest BCUT2D eigenvalue weighted by Crippen LogP contribution is 2.27. The maximum Gasteiger partial charge on any atom is 0.224 e. The predicted octanol–water partition coefficient (Wildman–Crippen LogP) is 4.42. The first-order chi connectivity index (χ1) is 10.4. The van der Waals surface area contributed by atoms with Gasteiger partial charge in [0.05, 0.1) is 0 Å². The molecule has 1 unspecified atom stereocenters. The molecule has 0 aliphatic heterocycles. The minimum atomic E-state index is -0.128. The Labute approximate surface area is 130 Å². The molecule has 1 heterocycles. The second-order valence-electron chi connectivity index (χ2n) is 6.97. The molecule has 4 heteroatoms. The van der Waals surface area contributed by atoms with Crippen molar-refractivity contribution in [3.05, 3.63) is 36.2 Å². The molecule has 0 bridgehead atoms. The molecule has 1 aromatic carbocycles. The third-order valence-corrected chi connectivity index (χ3v) is 3.87. The zero-order chi connectivity index (χ0) is 15.7. The minimum Gasteiger partial charge on any atom is -0.440 e. The summed E-state index contributed by atoms with van der Waals surface area (Å²) in [5, 5.41) is 2.95. The van der Waals surface area contributed by atoms with E-state index in [4.69, 9.17) is 4.42 Å². The van der Waals surface area contributed by atoms with Gasteiger partial charge in [-0.05, 0) is 37.0 Å². The van der Waals surface area contributed by atoms with Crippen LogP contribution in [0.2, 0.25) is 0 Å². The molecule has 1 amide bonds. The van der Waals surface area contributed by atoms with Crippen molar-refractivity contribution in [1.29, 1.82) is 0 Å². The molecule has 1 aromatic heterocycles. The molecule has 116 valence electrons. The number of anilines is 1. The molecular formula is C18H22N2O2. The first-order valence-corrected chi connectivity index (χ1v) is 7.79. The zero-order valence-electron chi connectivity index (χ0n) is 13.3. The molecule has 0 radical (unpaired) electrons. The van der Waals surface area contributed by atoms with E-state index in [-0.39, 0.29) is 11.3 Å². The van der Waals surface area contributed by atoms with Crippen LogP contribution in [0.15, 0.2) is 34.8 Å². The number of hydrogen-bond acceptors (Lipinski definition) is 3. The van der Waals surface area contributed by atoms with Gasteiger partial charge in [-0.2, -0.15) is 0 Å². The topological polar surface area (TPSA) is 55.1 Å². The zero-order valence-corrected chi connectivity index (χ0v) is 13.3. The molecule has 0 saturated heterocycles. The lowest BCUT2D eigenvalue weighted by Crippen LogP contribution is -2.14. The van der Waals surface area contributed by atoms with Crippen molar-refractivity contribution in [1.82, 2.24) is 4.98 Å². The van der Waals surface area contributed by atoms with Gasteiger partial charge >= 0.3 is 0 Å². The van der Waals surface area contributed by atoms with Crippen LogP contribution in [0.3, 0.4) is 0 Å². The second kappa shape index (κ2) is 5.59. The van der Waals surface area contributed by atoms with Gasteiger partial charge in [-0.1, -0.05) is 32.9 Å². The monoisotopic (exact) mass is 298 g/mol. The molecule has 1 atom stereocenters. The summed E-state index contributed by atoms with van der Waals surface area (Å²) >= 11 is 0. The summed E-state index contributed by atoms with van der Waals surface area (Å²) in [6, 6.07) is 5.60. The van der Waals surface area contributed by atoms with Gasteiger partial charge in [0.25, 0.3) is 0 Å². The van der Waals surface area contributed by atoms with Gasteiger partial charge in [0.1, 0.15) is 5.52 Å². The summed E-state index contributed by atoms with van der Waals surface area (Å²) in [5.74, 6) is 1.14. The van der Waals surface area contributed by atoms with Crippen molar-refractivity contribution in [3.63, 3.8) is 0 Å². The lowest BCUT2D eigenvalue weighted by atomic mass is 9.97. The Morgan fingerprint density at radius 2 is 2.23 bits per heavy atom. The normalized spacial score (nSPS) is 18.0. The highest BCUT2D eigenvalue weighted by Gasteiger charge is 2.21. The number of nitrogens with zero attached hydrogens (tertiary/aromatic N) is 1. The largest absolute Gasteiger partial charge is 0.440 e. The fraction of sp³-hybridized carbons (Fsp3) is 0.444. The molecule has 1 aliphatic rings. The molecule has 1 N–H and O–H groups in total. The van der Waals surface area contributed by atoms with Crippen LogP contribution < -0.4 is 5.32 Å². The first kappa shape index (κ1) is 14.8. The van der Waals surface area contributed by atoms with Gasteiger partial charge in [-0.25, -0.2) is 4.98 Å². The van der Waals surface area contributed by atoms with Crippen LogP contribution in [-0.4, -0.2) is 10.9 Å². The van der Waals surface area contributed by atoms with E-state index >= 15 is 0 Å². The third-order valence-electron chi connectivity index (χ3n) is 3.87. The van der Waals surface area contributed by atoms with Crippen LogP contribution in [-0.2, 0) is 10.2 Å². The van der Waals surface area contributed by atoms with Gasteiger partial charge in [0.2, 0.25) is 11.8 Å². The quantitative estimate of drug-likeness (QED) is 0.853. The highest BCUT2D eigenvalue weighted by atomic mass is 16.3. The number of benzene rings is 1. The SMILES string of the molecule is CC(C)(C)c1nc2cc(NC(=O)CC3C=CCC3)ccc2o1. The molecule has 0 spiro atoms. The van der Waals surface area contributed by atoms with Gasteiger partial charge in [0, 0.05) is 17.5 Å². The number of carbonyl (C=O) groups excluding carboxylic acids is 1. The van der Waals surface area contributed by atoms with Gasteiger partial charge in [-0.3, -0.25) is 4.79 Å². The van der Waals surface area contributed by atoms with Crippen LogP contribution in [0, 0.1) is 5.92 Å². The van der Waals surface area contributed by atoms with E-state index in [1.54, 1.807) is 0 Å². The molecule has 4 nitrogen and oxygen atoms in total. The fourth-order valence-corrected chi connectivity index (χ4v) is 2.64. The fourth-order valence-electron chi connectivity index (χ4n) is 2.64. The summed E-state index contributed by atoms with van der Waals surface area (Å²) in [4.78, 5) is 16.6. The van der Waals surface area contributed by atoms with Gasteiger partial charge < -0.3 is 9.73 Å². The minimum absolute atomic E-state index is 0.0513. The lowest BCUT2D eigenvalue weighted by molar-refractivity contribution is -0.116. The van der Waals surface area contributed by atoms with Crippen molar-refractivity contribution in [3.8, 4) is 0 Å². The number of aromatic nitrogens is 1. The van der Waals surface area contributed by atoms with Gasteiger partial charge in [-0.15, -0.1) is 0 Å². The van der Waals surface area contributed by atoms with Gasteiger partial charge in [0.15, 0.2) is 5.58 Å². The number of oxazole rings is 1.